The summed E-state index contributed by atoms with van der Waals surface area (Å²) in [6, 6.07) is 9.48. The molecule has 21 heavy (non-hydrogen) atoms. The lowest BCUT2D eigenvalue weighted by atomic mass is 10.2. The fourth-order valence-electron chi connectivity index (χ4n) is 1.71. The maximum absolute atomic E-state index is 11.5. The summed E-state index contributed by atoms with van der Waals surface area (Å²) in [6.45, 7) is 2.00. The van der Waals surface area contributed by atoms with Crippen molar-refractivity contribution in [2.75, 3.05) is 26.7 Å². The molecule has 0 aliphatic rings. The predicted molar refractivity (Wildman–Crippen MR) is 79.0 cm³/mol. The molecular weight excluding hydrogens is 272 g/mol. The van der Waals surface area contributed by atoms with Gasteiger partial charge in [0, 0.05) is 13.1 Å². The SMILES string of the molecule is CN(CCCNC(=O)OCc1ccccc1)CCC(=O)O. The number of carbonyl (C=O) groups is 2. The second-order valence-corrected chi connectivity index (χ2v) is 4.79. The lowest BCUT2D eigenvalue weighted by Crippen LogP contribution is -2.29. The first-order valence-electron chi connectivity index (χ1n) is 6.93. The van der Waals surface area contributed by atoms with Crippen molar-refractivity contribution in [1.82, 2.24) is 10.2 Å². The second kappa shape index (κ2) is 9.77. The summed E-state index contributed by atoms with van der Waals surface area (Å²) in [7, 11) is 1.86. The van der Waals surface area contributed by atoms with Crippen LogP contribution in [0.5, 0.6) is 0 Å². The second-order valence-electron chi connectivity index (χ2n) is 4.79. The number of ether oxygens (including phenoxy) is 1. The molecule has 1 aromatic carbocycles. The Balaban J connectivity index is 2.04. The highest BCUT2D eigenvalue weighted by Crippen LogP contribution is 2.00. The van der Waals surface area contributed by atoms with Crippen LogP contribution in [0.25, 0.3) is 0 Å². The normalized spacial score (nSPS) is 10.4. The Labute approximate surface area is 124 Å². The van der Waals surface area contributed by atoms with Gasteiger partial charge in [-0.1, -0.05) is 30.3 Å². The van der Waals surface area contributed by atoms with Crippen LogP contribution in [0.15, 0.2) is 30.3 Å². The first-order valence-corrected chi connectivity index (χ1v) is 6.93. The minimum absolute atomic E-state index is 0.128. The van der Waals surface area contributed by atoms with E-state index in [2.05, 4.69) is 5.32 Å². The number of nitrogens with one attached hydrogen (secondary N) is 1. The zero-order chi connectivity index (χ0) is 15.5. The molecule has 0 aliphatic heterocycles. The first-order chi connectivity index (χ1) is 10.1. The molecular formula is C15H22N2O4. The van der Waals surface area contributed by atoms with Crippen molar-refractivity contribution in [2.45, 2.75) is 19.4 Å². The zero-order valence-corrected chi connectivity index (χ0v) is 12.2. The van der Waals surface area contributed by atoms with Gasteiger partial charge in [-0.25, -0.2) is 4.79 Å². The van der Waals surface area contributed by atoms with Crippen molar-refractivity contribution in [3.05, 3.63) is 35.9 Å². The van der Waals surface area contributed by atoms with Crippen LogP contribution in [0.2, 0.25) is 0 Å². The van der Waals surface area contributed by atoms with E-state index in [1.807, 2.05) is 42.3 Å². The summed E-state index contributed by atoms with van der Waals surface area (Å²) in [5.41, 5.74) is 0.945. The monoisotopic (exact) mass is 294 g/mol. The smallest absolute Gasteiger partial charge is 0.407 e. The van der Waals surface area contributed by atoms with E-state index in [1.165, 1.54) is 0 Å². The molecule has 0 aromatic heterocycles. The number of amides is 1. The zero-order valence-electron chi connectivity index (χ0n) is 12.2. The molecule has 0 spiro atoms. The van der Waals surface area contributed by atoms with Crippen LogP contribution in [0.3, 0.4) is 0 Å². The molecule has 0 radical (unpaired) electrons. The van der Waals surface area contributed by atoms with Crippen LogP contribution in [0.1, 0.15) is 18.4 Å². The number of aliphatic carboxylic acids is 1. The average Bonchev–Trinajstić information content (AvgIpc) is 2.48. The number of hydrogen-bond acceptors (Lipinski definition) is 4. The summed E-state index contributed by atoms with van der Waals surface area (Å²) in [5, 5.41) is 11.2. The molecule has 1 rings (SSSR count). The van der Waals surface area contributed by atoms with Gasteiger partial charge in [0.1, 0.15) is 6.61 Å². The van der Waals surface area contributed by atoms with Gasteiger partial charge in [0.05, 0.1) is 6.42 Å². The molecule has 116 valence electrons. The molecule has 0 aliphatic carbocycles. The molecule has 0 saturated carbocycles. The summed E-state index contributed by atoms with van der Waals surface area (Å²) >= 11 is 0. The van der Waals surface area contributed by atoms with Gasteiger partial charge in [-0.3, -0.25) is 4.79 Å². The number of rotatable bonds is 9. The molecule has 0 fully saturated rings. The van der Waals surface area contributed by atoms with E-state index < -0.39 is 12.1 Å². The van der Waals surface area contributed by atoms with Gasteiger partial charge in [-0.2, -0.15) is 0 Å². The van der Waals surface area contributed by atoms with Crippen LogP contribution in [0, 0.1) is 0 Å². The Morgan fingerprint density at radius 2 is 1.95 bits per heavy atom. The number of carbonyl (C=O) groups excluding carboxylic acids is 1. The Morgan fingerprint density at radius 3 is 2.62 bits per heavy atom. The van der Waals surface area contributed by atoms with Crippen LogP contribution in [-0.4, -0.2) is 48.8 Å². The van der Waals surface area contributed by atoms with Crippen molar-refractivity contribution < 1.29 is 19.4 Å². The van der Waals surface area contributed by atoms with Gasteiger partial charge in [0.25, 0.3) is 0 Å². The van der Waals surface area contributed by atoms with Gasteiger partial charge in [0.15, 0.2) is 0 Å². The number of alkyl carbamates (subject to hydrolysis) is 1. The van der Waals surface area contributed by atoms with E-state index in [9.17, 15) is 9.59 Å². The minimum atomic E-state index is -0.801. The molecule has 0 atom stereocenters. The van der Waals surface area contributed by atoms with E-state index in [1.54, 1.807) is 0 Å². The molecule has 0 bridgehead atoms. The van der Waals surface area contributed by atoms with Crippen LogP contribution in [0.4, 0.5) is 4.79 Å². The highest BCUT2D eigenvalue weighted by Gasteiger charge is 2.04. The number of hydrogen-bond donors (Lipinski definition) is 2. The highest BCUT2D eigenvalue weighted by molar-refractivity contribution is 5.67. The molecule has 1 aromatic rings. The Kier molecular flexibility index (Phi) is 7.89. The largest absolute Gasteiger partial charge is 0.481 e. The first kappa shape index (κ1) is 17.0. The van der Waals surface area contributed by atoms with Gasteiger partial charge in [-0.15, -0.1) is 0 Å². The van der Waals surface area contributed by atoms with Gasteiger partial charge in [0.2, 0.25) is 0 Å². The predicted octanol–water partition coefficient (Wildman–Crippen LogP) is 1.71. The van der Waals surface area contributed by atoms with Gasteiger partial charge >= 0.3 is 12.1 Å². The van der Waals surface area contributed by atoms with Crippen molar-refractivity contribution in [2.24, 2.45) is 0 Å². The maximum Gasteiger partial charge on any atom is 0.407 e. The van der Waals surface area contributed by atoms with Crippen molar-refractivity contribution in [1.29, 1.82) is 0 Å². The highest BCUT2D eigenvalue weighted by atomic mass is 16.5. The molecule has 0 saturated heterocycles. The van der Waals surface area contributed by atoms with Gasteiger partial charge < -0.3 is 20.1 Å². The van der Waals surface area contributed by atoms with E-state index in [4.69, 9.17) is 9.84 Å². The van der Waals surface area contributed by atoms with Crippen molar-refractivity contribution in [3.8, 4) is 0 Å². The number of nitrogens with zero attached hydrogens (tertiary/aromatic N) is 1. The third kappa shape index (κ3) is 8.65. The summed E-state index contributed by atoms with van der Waals surface area (Å²) in [4.78, 5) is 23.8. The number of carboxylic acid groups (broad SMARTS) is 1. The molecule has 0 unspecified atom stereocenters. The van der Waals surface area contributed by atoms with E-state index in [-0.39, 0.29) is 13.0 Å². The van der Waals surface area contributed by atoms with E-state index in [0.29, 0.717) is 13.1 Å². The lowest BCUT2D eigenvalue weighted by Gasteiger charge is -2.15. The molecule has 6 nitrogen and oxygen atoms in total. The van der Waals surface area contributed by atoms with E-state index >= 15 is 0 Å². The number of carboxylic acids is 1. The van der Waals surface area contributed by atoms with Crippen LogP contribution in [-0.2, 0) is 16.1 Å². The third-order valence-corrected chi connectivity index (χ3v) is 2.91. The van der Waals surface area contributed by atoms with Crippen molar-refractivity contribution in [3.63, 3.8) is 0 Å². The third-order valence-electron chi connectivity index (χ3n) is 2.91. The average molecular weight is 294 g/mol. The van der Waals surface area contributed by atoms with E-state index in [0.717, 1.165) is 18.5 Å². The fraction of sp³-hybridized carbons (Fsp3) is 0.467. The van der Waals surface area contributed by atoms with Crippen molar-refractivity contribution >= 4 is 12.1 Å². The summed E-state index contributed by atoms with van der Waals surface area (Å²) in [5.74, 6) is -0.801. The fourth-order valence-corrected chi connectivity index (χ4v) is 1.71. The minimum Gasteiger partial charge on any atom is -0.481 e. The summed E-state index contributed by atoms with van der Waals surface area (Å²) in [6.07, 6.45) is 0.437. The molecule has 2 N–H and O–H groups in total. The molecule has 1 amide bonds. The Bertz CT molecular complexity index is 437. The Morgan fingerprint density at radius 1 is 1.24 bits per heavy atom. The molecule has 6 heteroatoms. The Hall–Kier alpha value is -2.08. The van der Waals surface area contributed by atoms with Crippen LogP contribution >= 0.6 is 0 Å². The van der Waals surface area contributed by atoms with Crippen LogP contribution < -0.4 is 5.32 Å². The number of benzene rings is 1. The summed E-state index contributed by atoms with van der Waals surface area (Å²) < 4.78 is 5.07. The molecule has 0 heterocycles. The lowest BCUT2D eigenvalue weighted by molar-refractivity contribution is -0.137. The maximum atomic E-state index is 11.5. The standard InChI is InChI=1S/C15H22N2O4/c1-17(11-8-14(18)19)10-5-9-16-15(20)21-12-13-6-3-2-4-7-13/h2-4,6-7H,5,8-12H2,1H3,(H,16,20)(H,18,19). The topological polar surface area (TPSA) is 78.9 Å². The van der Waals surface area contributed by atoms with Gasteiger partial charge in [-0.05, 0) is 25.6 Å². The quantitative estimate of drug-likeness (QED) is 0.678.